The molecule has 1 aromatic carbocycles. The molecule has 92 valence electrons. The largest absolute Gasteiger partial charge is 0.389 e. The van der Waals surface area contributed by atoms with Crippen LogP contribution in [-0.2, 0) is 0 Å². The number of aryl methyl sites for hydroxylation is 1. The fraction of sp³-hybridized carbons (Fsp3) is 0.0769. The van der Waals surface area contributed by atoms with Gasteiger partial charge in [0.1, 0.15) is 16.6 Å². The molecule has 3 nitrogen and oxygen atoms in total. The fourth-order valence-electron chi connectivity index (χ4n) is 1.55. The second-order valence-corrected chi connectivity index (χ2v) is 4.31. The van der Waals surface area contributed by atoms with Crippen molar-refractivity contribution in [2.24, 2.45) is 5.73 Å². The number of hydrogen-bond donors (Lipinski definition) is 2. The van der Waals surface area contributed by atoms with E-state index in [4.69, 9.17) is 18.0 Å². The third-order valence-electron chi connectivity index (χ3n) is 2.45. The Hall–Kier alpha value is -2.01. The summed E-state index contributed by atoms with van der Waals surface area (Å²) < 4.78 is 13.7. The second kappa shape index (κ2) is 5.10. The molecular weight excluding hydrogens is 249 g/mol. The zero-order valence-electron chi connectivity index (χ0n) is 9.77. The molecule has 0 saturated heterocycles. The number of nitrogens with two attached hydrogens (primary N) is 1. The van der Waals surface area contributed by atoms with Crippen LogP contribution in [0.5, 0.6) is 0 Å². The lowest BCUT2D eigenvalue weighted by Gasteiger charge is -2.10. The molecule has 5 heteroatoms. The van der Waals surface area contributed by atoms with Gasteiger partial charge in [0, 0.05) is 6.20 Å². The number of rotatable bonds is 3. The van der Waals surface area contributed by atoms with Crippen molar-refractivity contribution in [3.8, 4) is 0 Å². The van der Waals surface area contributed by atoms with Crippen molar-refractivity contribution >= 4 is 28.7 Å². The molecule has 0 saturated carbocycles. The summed E-state index contributed by atoms with van der Waals surface area (Å²) in [5, 5.41) is 2.90. The first-order valence-corrected chi connectivity index (χ1v) is 5.77. The maximum atomic E-state index is 13.7. The molecular formula is C13H12FN3S. The van der Waals surface area contributed by atoms with Crippen LogP contribution in [0, 0.1) is 12.7 Å². The van der Waals surface area contributed by atoms with Crippen LogP contribution >= 0.6 is 12.2 Å². The smallest absolute Gasteiger partial charge is 0.146 e. The van der Waals surface area contributed by atoms with Crippen molar-refractivity contribution in [1.82, 2.24) is 4.98 Å². The summed E-state index contributed by atoms with van der Waals surface area (Å²) in [6, 6.07) is 8.39. The molecule has 0 aliphatic rings. The number of nitrogens with one attached hydrogen (secondary N) is 1. The first-order valence-electron chi connectivity index (χ1n) is 5.36. The Balaban J connectivity index is 2.37. The van der Waals surface area contributed by atoms with E-state index in [-0.39, 0.29) is 10.8 Å². The van der Waals surface area contributed by atoms with E-state index < -0.39 is 0 Å². The summed E-state index contributed by atoms with van der Waals surface area (Å²) in [6.07, 6.45) is 1.59. The average Bonchev–Trinajstić information content (AvgIpc) is 2.33. The molecule has 2 rings (SSSR count). The molecule has 0 unspecified atom stereocenters. The maximum absolute atomic E-state index is 13.7. The predicted octanol–water partition coefficient (Wildman–Crippen LogP) is 2.91. The van der Waals surface area contributed by atoms with E-state index in [0.29, 0.717) is 17.1 Å². The quantitative estimate of drug-likeness (QED) is 0.834. The third kappa shape index (κ3) is 2.62. The van der Waals surface area contributed by atoms with Crippen molar-refractivity contribution in [2.45, 2.75) is 6.92 Å². The van der Waals surface area contributed by atoms with Crippen LogP contribution in [0.15, 0.2) is 36.5 Å². The van der Waals surface area contributed by atoms with E-state index in [2.05, 4.69) is 10.3 Å². The molecule has 0 atom stereocenters. The van der Waals surface area contributed by atoms with Gasteiger partial charge in [0.15, 0.2) is 0 Å². The Kier molecular flexibility index (Phi) is 3.53. The molecule has 0 aliphatic carbocycles. The predicted molar refractivity (Wildman–Crippen MR) is 74.5 cm³/mol. The Morgan fingerprint density at radius 3 is 2.83 bits per heavy atom. The number of benzene rings is 1. The van der Waals surface area contributed by atoms with Crippen molar-refractivity contribution in [1.29, 1.82) is 0 Å². The fourth-order valence-corrected chi connectivity index (χ4v) is 1.72. The highest BCUT2D eigenvalue weighted by atomic mass is 32.1. The standard InChI is InChI=1S/C13H12FN3S/c1-8-4-5-11(10(14)7-8)17-13-9(12(15)18)3-2-6-16-13/h2-7H,1H3,(H2,15,18)(H,16,17). The number of halogens is 1. The van der Waals surface area contributed by atoms with Crippen molar-refractivity contribution in [3.05, 3.63) is 53.5 Å². The summed E-state index contributed by atoms with van der Waals surface area (Å²) in [7, 11) is 0. The highest BCUT2D eigenvalue weighted by Gasteiger charge is 2.08. The van der Waals surface area contributed by atoms with E-state index in [0.717, 1.165) is 5.56 Å². The zero-order valence-corrected chi connectivity index (χ0v) is 10.6. The monoisotopic (exact) mass is 261 g/mol. The lowest BCUT2D eigenvalue weighted by atomic mass is 10.2. The number of nitrogens with zero attached hydrogens (tertiary/aromatic N) is 1. The molecule has 0 spiro atoms. The van der Waals surface area contributed by atoms with E-state index >= 15 is 0 Å². The van der Waals surface area contributed by atoms with Gasteiger partial charge in [0.2, 0.25) is 0 Å². The first kappa shape index (κ1) is 12.4. The van der Waals surface area contributed by atoms with Crippen LogP contribution < -0.4 is 11.1 Å². The lowest BCUT2D eigenvalue weighted by molar-refractivity contribution is 0.630. The lowest BCUT2D eigenvalue weighted by Crippen LogP contribution is -2.13. The van der Waals surface area contributed by atoms with E-state index in [1.165, 1.54) is 6.07 Å². The second-order valence-electron chi connectivity index (χ2n) is 3.87. The first-order chi connectivity index (χ1) is 8.58. The molecule has 0 radical (unpaired) electrons. The maximum Gasteiger partial charge on any atom is 0.146 e. The van der Waals surface area contributed by atoms with Crippen LogP contribution in [0.25, 0.3) is 0 Å². The van der Waals surface area contributed by atoms with Gasteiger partial charge < -0.3 is 11.1 Å². The summed E-state index contributed by atoms with van der Waals surface area (Å²) in [6.45, 7) is 1.83. The molecule has 0 aliphatic heterocycles. The van der Waals surface area contributed by atoms with Gasteiger partial charge in [-0.15, -0.1) is 0 Å². The van der Waals surface area contributed by atoms with E-state index in [9.17, 15) is 4.39 Å². The van der Waals surface area contributed by atoms with E-state index in [1.54, 1.807) is 24.4 Å². The van der Waals surface area contributed by atoms with Crippen LogP contribution in [-0.4, -0.2) is 9.97 Å². The normalized spacial score (nSPS) is 10.1. The zero-order chi connectivity index (χ0) is 13.1. The van der Waals surface area contributed by atoms with Gasteiger partial charge in [-0.25, -0.2) is 9.37 Å². The highest BCUT2D eigenvalue weighted by molar-refractivity contribution is 7.80. The van der Waals surface area contributed by atoms with Crippen LogP contribution in [0.3, 0.4) is 0 Å². The van der Waals surface area contributed by atoms with Crippen molar-refractivity contribution in [3.63, 3.8) is 0 Å². The van der Waals surface area contributed by atoms with Gasteiger partial charge >= 0.3 is 0 Å². The van der Waals surface area contributed by atoms with Gasteiger partial charge in [0.05, 0.1) is 11.3 Å². The van der Waals surface area contributed by atoms with Crippen LogP contribution in [0.2, 0.25) is 0 Å². The molecule has 18 heavy (non-hydrogen) atoms. The van der Waals surface area contributed by atoms with Crippen LogP contribution in [0.4, 0.5) is 15.9 Å². The van der Waals surface area contributed by atoms with Gasteiger partial charge in [0.25, 0.3) is 0 Å². The number of thiocarbonyl (C=S) groups is 1. The molecule has 0 amide bonds. The molecule has 1 heterocycles. The molecule has 2 aromatic rings. The molecule has 3 N–H and O–H groups in total. The van der Waals surface area contributed by atoms with Crippen molar-refractivity contribution in [2.75, 3.05) is 5.32 Å². The summed E-state index contributed by atoms with van der Waals surface area (Å²) >= 11 is 4.92. The summed E-state index contributed by atoms with van der Waals surface area (Å²) in [5.41, 5.74) is 7.38. The number of hydrogen-bond acceptors (Lipinski definition) is 3. The number of aromatic nitrogens is 1. The minimum atomic E-state index is -0.338. The average molecular weight is 261 g/mol. The SMILES string of the molecule is Cc1ccc(Nc2ncccc2C(N)=S)c(F)c1. The van der Waals surface area contributed by atoms with Gasteiger partial charge in [-0.05, 0) is 36.8 Å². The molecule has 0 bridgehead atoms. The Bertz CT molecular complexity index is 599. The van der Waals surface area contributed by atoms with E-state index in [1.807, 2.05) is 13.0 Å². The minimum absolute atomic E-state index is 0.220. The number of pyridine rings is 1. The summed E-state index contributed by atoms with van der Waals surface area (Å²) in [4.78, 5) is 4.33. The Labute approximate surface area is 110 Å². The number of anilines is 2. The highest BCUT2D eigenvalue weighted by Crippen LogP contribution is 2.21. The van der Waals surface area contributed by atoms with Crippen molar-refractivity contribution < 1.29 is 4.39 Å². The summed E-state index contributed by atoms with van der Waals surface area (Å²) in [5.74, 6) is 0.113. The van der Waals surface area contributed by atoms with Gasteiger partial charge in [-0.3, -0.25) is 0 Å². The Morgan fingerprint density at radius 2 is 2.17 bits per heavy atom. The minimum Gasteiger partial charge on any atom is -0.389 e. The Morgan fingerprint density at radius 1 is 1.39 bits per heavy atom. The molecule has 0 fully saturated rings. The molecule has 1 aromatic heterocycles. The van der Waals surface area contributed by atoms with Crippen LogP contribution in [0.1, 0.15) is 11.1 Å². The van der Waals surface area contributed by atoms with Gasteiger partial charge in [-0.2, -0.15) is 0 Å². The topological polar surface area (TPSA) is 50.9 Å². The third-order valence-corrected chi connectivity index (χ3v) is 2.67. The van der Waals surface area contributed by atoms with Gasteiger partial charge in [-0.1, -0.05) is 18.3 Å².